The van der Waals surface area contributed by atoms with E-state index in [0.717, 1.165) is 11.5 Å². The van der Waals surface area contributed by atoms with Crippen LogP contribution in [0.3, 0.4) is 0 Å². The SMILES string of the molecule is C[Si](C)(C)c1ccc(C=Nc2c(F)c(F)c(F)c(F)c2F)[nH]1. The van der Waals surface area contributed by atoms with Gasteiger partial charge in [0.2, 0.25) is 5.82 Å². The van der Waals surface area contributed by atoms with E-state index in [0.29, 0.717) is 5.69 Å². The lowest BCUT2D eigenvalue weighted by Crippen LogP contribution is -2.38. The summed E-state index contributed by atoms with van der Waals surface area (Å²) < 4.78 is 65.9. The van der Waals surface area contributed by atoms with E-state index in [1.807, 2.05) is 6.07 Å². The molecule has 8 heteroatoms. The second-order valence-corrected chi connectivity index (χ2v) is 10.8. The molecule has 2 rings (SSSR count). The Morgan fingerprint density at radius 2 is 1.36 bits per heavy atom. The van der Waals surface area contributed by atoms with Crippen molar-refractivity contribution in [3.8, 4) is 0 Å². The number of nitrogens with one attached hydrogen (secondary N) is 1. The van der Waals surface area contributed by atoms with Crippen LogP contribution in [0.4, 0.5) is 27.6 Å². The maximum atomic E-state index is 13.5. The van der Waals surface area contributed by atoms with Crippen LogP contribution in [-0.4, -0.2) is 19.3 Å². The highest BCUT2D eigenvalue weighted by molar-refractivity contribution is 6.88. The number of hydrogen-bond acceptors (Lipinski definition) is 1. The monoisotopic (exact) mass is 332 g/mol. The number of aromatic amines is 1. The van der Waals surface area contributed by atoms with E-state index in [-0.39, 0.29) is 0 Å². The number of nitrogens with zero attached hydrogens (tertiary/aromatic N) is 1. The van der Waals surface area contributed by atoms with Gasteiger partial charge in [0, 0.05) is 0 Å². The van der Waals surface area contributed by atoms with Crippen LogP contribution in [0.1, 0.15) is 5.69 Å². The first-order chi connectivity index (χ1) is 10.1. The van der Waals surface area contributed by atoms with Crippen molar-refractivity contribution in [2.24, 2.45) is 4.99 Å². The van der Waals surface area contributed by atoms with Crippen molar-refractivity contribution in [2.75, 3.05) is 0 Å². The van der Waals surface area contributed by atoms with E-state index in [9.17, 15) is 22.0 Å². The lowest BCUT2D eigenvalue weighted by atomic mass is 10.2. The van der Waals surface area contributed by atoms with Gasteiger partial charge in [-0.3, -0.25) is 0 Å². The second-order valence-electron chi connectivity index (χ2n) is 5.75. The molecule has 1 aromatic heterocycles. The first-order valence-electron chi connectivity index (χ1n) is 6.38. The Bertz CT molecular complexity index is 717. The average molecular weight is 332 g/mol. The van der Waals surface area contributed by atoms with Crippen molar-refractivity contribution in [3.05, 3.63) is 46.9 Å². The molecule has 0 saturated heterocycles. The fraction of sp³-hybridized carbons (Fsp3) is 0.214. The van der Waals surface area contributed by atoms with Crippen LogP contribution in [0, 0.1) is 29.1 Å². The Labute approximate surface area is 124 Å². The number of aliphatic imine (C=N–C) groups is 1. The summed E-state index contributed by atoms with van der Waals surface area (Å²) >= 11 is 0. The molecule has 0 atom stereocenters. The van der Waals surface area contributed by atoms with Crippen LogP contribution >= 0.6 is 0 Å². The maximum absolute atomic E-state index is 13.5. The predicted octanol–water partition coefficient (Wildman–Crippen LogP) is 4.01. The number of halogens is 5. The standard InChI is InChI=1S/C14H13F5N2Si/c1-22(2,3)8-5-4-7(21-8)6-20-14-12(18)10(16)9(15)11(17)13(14)19/h4-6,21H,1-3H3. The molecule has 1 N–H and O–H groups in total. The number of benzene rings is 1. The second kappa shape index (κ2) is 5.67. The van der Waals surface area contributed by atoms with Crippen LogP contribution in [0.5, 0.6) is 0 Å². The van der Waals surface area contributed by atoms with Crippen molar-refractivity contribution in [1.82, 2.24) is 4.98 Å². The van der Waals surface area contributed by atoms with Gasteiger partial charge in [-0.25, -0.2) is 26.9 Å². The Morgan fingerprint density at radius 1 is 0.864 bits per heavy atom. The summed E-state index contributed by atoms with van der Waals surface area (Å²) in [5, 5.41) is 0.978. The zero-order valence-electron chi connectivity index (χ0n) is 12.1. The molecule has 0 bridgehead atoms. The van der Waals surface area contributed by atoms with Gasteiger partial charge in [0.15, 0.2) is 23.3 Å². The first-order valence-corrected chi connectivity index (χ1v) is 9.88. The lowest BCUT2D eigenvalue weighted by Gasteiger charge is -2.12. The quantitative estimate of drug-likeness (QED) is 0.289. The van der Waals surface area contributed by atoms with Crippen molar-refractivity contribution in [2.45, 2.75) is 19.6 Å². The summed E-state index contributed by atoms with van der Waals surface area (Å²) in [5.74, 6) is -10.1. The predicted molar refractivity (Wildman–Crippen MR) is 77.3 cm³/mol. The zero-order valence-corrected chi connectivity index (χ0v) is 13.1. The summed E-state index contributed by atoms with van der Waals surface area (Å²) in [6, 6.07) is 3.44. The maximum Gasteiger partial charge on any atom is 0.200 e. The highest BCUT2D eigenvalue weighted by Crippen LogP contribution is 2.29. The highest BCUT2D eigenvalue weighted by atomic mass is 28.3. The summed E-state index contributed by atoms with van der Waals surface area (Å²) in [5.41, 5.74) is -0.790. The van der Waals surface area contributed by atoms with Crippen LogP contribution < -0.4 is 5.32 Å². The van der Waals surface area contributed by atoms with E-state index < -0.39 is 42.8 Å². The molecule has 0 spiro atoms. The molecule has 0 aliphatic rings. The molecule has 2 aromatic rings. The minimum atomic E-state index is -2.20. The van der Waals surface area contributed by atoms with Crippen LogP contribution in [0.2, 0.25) is 19.6 Å². The molecule has 0 aliphatic heterocycles. The van der Waals surface area contributed by atoms with Gasteiger partial charge < -0.3 is 4.98 Å². The molecule has 0 fully saturated rings. The number of aromatic nitrogens is 1. The first kappa shape index (κ1) is 16.4. The van der Waals surface area contributed by atoms with Gasteiger partial charge in [-0.2, -0.15) is 0 Å². The topological polar surface area (TPSA) is 28.1 Å². The lowest BCUT2D eigenvalue weighted by molar-refractivity contribution is 0.381. The van der Waals surface area contributed by atoms with E-state index in [2.05, 4.69) is 29.6 Å². The number of rotatable bonds is 3. The van der Waals surface area contributed by atoms with E-state index >= 15 is 0 Å². The Morgan fingerprint density at radius 3 is 1.82 bits per heavy atom. The van der Waals surface area contributed by atoms with Gasteiger partial charge >= 0.3 is 0 Å². The molecular weight excluding hydrogens is 319 g/mol. The van der Waals surface area contributed by atoms with Gasteiger partial charge in [-0.15, -0.1) is 0 Å². The molecule has 22 heavy (non-hydrogen) atoms. The molecule has 0 amide bonds. The molecule has 0 radical (unpaired) electrons. The van der Waals surface area contributed by atoms with Crippen LogP contribution in [-0.2, 0) is 0 Å². The van der Waals surface area contributed by atoms with E-state index in [1.54, 1.807) is 6.07 Å². The van der Waals surface area contributed by atoms with E-state index in [1.165, 1.54) is 0 Å². The average Bonchev–Trinajstić information content (AvgIpc) is 2.92. The zero-order chi connectivity index (χ0) is 16.7. The van der Waals surface area contributed by atoms with Crippen molar-refractivity contribution in [1.29, 1.82) is 0 Å². The van der Waals surface area contributed by atoms with Gasteiger partial charge in [0.25, 0.3) is 0 Å². The van der Waals surface area contributed by atoms with Crippen molar-refractivity contribution in [3.63, 3.8) is 0 Å². The summed E-state index contributed by atoms with van der Waals surface area (Å²) in [4.78, 5) is 6.41. The molecule has 0 unspecified atom stereocenters. The molecule has 1 aromatic carbocycles. The highest BCUT2D eigenvalue weighted by Gasteiger charge is 2.25. The van der Waals surface area contributed by atoms with Crippen molar-refractivity contribution < 1.29 is 22.0 Å². The van der Waals surface area contributed by atoms with Crippen LogP contribution in [0.25, 0.3) is 0 Å². The molecule has 2 nitrogen and oxygen atoms in total. The Kier molecular flexibility index (Phi) is 4.23. The summed E-state index contributed by atoms with van der Waals surface area (Å²) in [6.07, 6.45) is 1.03. The molecule has 0 saturated carbocycles. The Hall–Kier alpha value is -1.96. The third-order valence-electron chi connectivity index (χ3n) is 3.04. The third-order valence-corrected chi connectivity index (χ3v) is 4.94. The largest absolute Gasteiger partial charge is 0.362 e. The summed E-state index contributed by atoms with van der Waals surface area (Å²) in [7, 11) is -1.60. The van der Waals surface area contributed by atoms with Crippen LogP contribution in [0.15, 0.2) is 17.1 Å². The third kappa shape index (κ3) is 2.96. The molecule has 118 valence electrons. The normalized spacial score (nSPS) is 12.4. The smallest absolute Gasteiger partial charge is 0.200 e. The molecule has 0 aliphatic carbocycles. The Balaban J connectivity index is 2.41. The minimum Gasteiger partial charge on any atom is -0.362 e. The molecular formula is C14H13F5N2Si. The minimum absolute atomic E-state index is 0.418. The van der Waals surface area contributed by atoms with Gasteiger partial charge in [0.1, 0.15) is 5.69 Å². The van der Waals surface area contributed by atoms with E-state index in [4.69, 9.17) is 0 Å². The van der Waals surface area contributed by atoms with Gasteiger partial charge in [-0.05, 0) is 17.4 Å². The number of hydrogen-bond donors (Lipinski definition) is 1. The molecule has 1 heterocycles. The van der Waals surface area contributed by atoms with Crippen molar-refractivity contribution >= 4 is 25.3 Å². The van der Waals surface area contributed by atoms with Gasteiger partial charge in [-0.1, -0.05) is 19.6 Å². The summed E-state index contributed by atoms with van der Waals surface area (Å²) in [6.45, 7) is 6.26. The fourth-order valence-corrected chi connectivity index (χ4v) is 2.87. The fourth-order valence-electron chi connectivity index (χ4n) is 1.77. The number of H-pyrrole nitrogens is 1. The van der Waals surface area contributed by atoms with Gasteiger partial charge in [0.05, 0.1) is 20.0 Å².